The van der Waals surface area contributed by atoms with Gasteiger partial charge in [0.2, 0.25) is 5.91 Å². The Bertz CT molecular complexity index is 571. The molecule has 1 aromatic rings. The third-order valence-corrected chi connectivity index (χ3v) is 5.10. The van der Waals surface area contributed by atoms with Crippen molar-refractivity contribution in [1.29, 1.82) is 0 Å². The molecule has 1 aromatic carbocycles. The summed E-state index contributed by atoms with van der Waals surface area (Å²) >= 11 is 2.24. The van der Waals surface area contributed by atoms with Crippen LogP contribution >= 0.6 is 22.6 Å². The summed E-state index contributed by atoms with van der Waals surface area (Å²) in [6, 6.07) is 7.82. The SMILES string of the molecule is CC1(C2CC2)NC(=O)CCN(c2ccccc2I)C1=O. The number of hydrogen-bond donors (Lipinski definition) is 1. The fourth-order valence-electron chi connectivity index (χ4n) is 2.84. The molecule has 0 bridgehead atoms. The van der Waals surface area contributed by atoms with E-state index in [2.05, 4.69) is 27.9 Å². The van der Waals surface area contributed by atoms with Crippen LogP contribution in [0.15, 0.2) is 24.3 Å². The first-order valence-corrected chi connectivity index (χ1v) is 7.98. The van der Waals surface area contributed by atoms with Gasteiger partial charge in [0.1, 0.15) is 5.54 Å². The number of nitrogens with zero attached hydrogens (tertiary/aromatic N) is 1. The van der Waals surface area contributed by atoms with Gasteiger partial charge in [-0.05, 0) is 60.4 Å². The van der Waals surface area contributed by atoms with Gasteiger partial charge >= 0.3 is 0 Å². The lowest BCUT2D eigenvalue weighted by Crippen LogP contribution is -2.57. The molecule has 1 heterocycles. The molecule has 1 unspecified atom stereocenters. The predicted molar refractivity (Wildman–Crippen MR) is 85.4 cm³/mol. The lowest BCUT2D eigenvalue weighted by Gasteiger charge is -2.32. The van der Waals surface area contributed by atoms with Gasteiger partial charge < -0.3 is 10.2 Å². The van der Waals surface area contributed by atoms with Crippen LogP contribution in [0.5, 0.6) is 0 Å². The van der Waals surface area contributed by atoms with Gasteiger partial charge in [-0.3, -0.25) is 9.59 Å². The Hall–Kier alpha value is -1.11. The van der Waals surface area contributed by atoms with Crippen LogP contribution in [0.4, 0.5) is 5.69 Å². The van der Waals surface area contributed by atoms with E-state index in [4.69, 9.17) is 0 Å². The highest BCUT2D eigenvalue weighted by atomic mass is 127. The molecule has 3 rings (SSSR count). The van der Waals surface area contributed by atoms with E-state index in [0.29, 0.717) is 13.0 Å². The second-order valence-electron chi connectivity index (χ2n) is 5.68. The van der Waals surface area contributed by atoms with E-state index in [0.717, 1.165) is 22.1 Å². The Kier molecular flexibility index (Phi) is 3.48. The molecule has 1 atom stereocenters. The van der Waals surface area contributed by atoms with Crippen molar-refractivity contribution in [2.75, 3.05) is 11.4 Å². The molecule has 1 N–H and O–H groups in total. The number of benzene rings is 1. The Morgan fingerprint density at radius 3 is 2.65 bits per heavy atom. The van der Waals surface area contributed by atoms with Crippen molar-refractivity contribution in [2.24, 2.45) is 5.92 Å². The van der Waals surface area contributed by atoms with Gasteiger partial charge in [0, 0.05) is 16.5 Å². The van der Waals surface area contributed by atoms with Gasteiger partial charge in [0.15, 0.2) is 0 Å². The number of carbonyl (C=O) groups excluding carboxylic acids is 2. The molecule has 1 aliphatic carbocycles. The smallest absolute Gasteiger partial charge is 0.252 e. The van der Waals surface area contributed by atoms with Gasteiger partial charge in [0.05, 0.1) is 5.69 Å². The van der Waals surface area contributed by atoms with Crippen molar-refractivity contribution < 1.29 is 9.59 Å². The van der Waals surface area contributed by atoms with E-state index in [1.165, 1.54) is 0 Å². The van der Waals surface area contributed by atoms with E-state index in [1.807, 2.05) is 31.2 Å². The van der Waals surface area contributed by atoms with Crippen molar-refractivity contribution in [3.63, 3.8) is 0 Å². The van der Waals surface area contributed by atoms with E-state index in [1.54, 1.807) is 4.90 Å². The molecule has 20 heavy (non-hydrogen) atoms. The van der Waals surface area contributed by atoms with Crippen molar-refractivity contribution in [1.82, 2.24) is 5.32 Å². The molecule has 1 aliphatic heterocycles. The third kappa shape index (κ3) is 2.32. The zero-order chi connectivity index (χ0) is 14.3. The molecule has 4 nitrogen and oxygen atoms in total. The van der Waals surface area contributed by atoms with Gasteiger partial charge in [-0.2, -0.15) is 0 Å². The molecule has 0 radical (unpaired) electrons. The monoisotopic (exact) mass is 384 g/mol. The molecule has 2 fully saturated rings. The summed E-state index contributed by atoms with van der Waals surface area (Å²) in [5, 5.41) is 2.95. The van der Waals surface area contributed by atoms with Gasteiger partial charge in [-0.15, -0.1) is 0 Å². The molecule has 0 aromatic heterocycles. The normalized spacial score (nSPS) is 27.2. The van der Waals surface area contributed by atoms with Crippen LogP contribution < -0.4 is 10.2 Å². The second-order valence-corrected chi connectivity index (χ2v) is 6.85. The standard InChI is InChI=1S/C15H17IN2O2/c1-15(10-6-7-10)14(20)18(9-8-13(19)17-15)12-5-3-2-4-11(12)16/h2-5,10H,6-9H2,1H3,(H,17,19). The summed E-state index contributed by atoms with van der Waals surface area (Å²) < 4.78 is 1.03. The lowest BCUT2D eigenvalue weighted by molar-refractivity contribution is -0.130. The van der Waals surface area contributed by atoms with E-state index >= 15 is 0 Å². The van der Waals surface area contributed by atoms with Crippen LogP contribution in [0.3, 0.4) is 0 Å². The van der Waals surface area contributed by atoms with Crippen molar-refractivity contribution in [3.05, 3.63) is 27.8 Å². The van der Waals surface area contributed by atoms with Crippen LogP contribution in [0.25, 0.3) is 0 Å². The molecule has 5 heteroatoms. The van der Waals surface area contributed by atoms with Gasteiger partial charge in [0.25, 0.3) is 5.91 Å². The summed E-state index contributed by atoms with van der Waals surface area (Å²) in [6.45, 7) is 2.33. The molecular formula is C15H17IN2O2. The highest BCUT2D eigenvalue weighted by Crippen LogP contribution is 2.42. The van der Waals surface area contributed by atoms with Crippen LogP contribution in [-0.4, -0.2) is 23.9 Å². The number of hydrogen-bond acceptors (Lipinski definition) is 2. The van der Waals surface area contributed by atoms with E-state index in [9.17, 15) is 9.59 Å². The van der Waals surface area contributed by atoms with Crippen LogP contribution in [0, 0.1) is 9.49 Å². The van der Waals surface area contributed by atoms with Gasteiger partial charge in [-0.25, -0.2) is 0 Å². The van der Waals surface area contributed by atoms with E-state index < -0.39 is 5.54 Å². The minimum Gasteiger partial charge on any atom is -0.342 e. The highest BCUT2D eigenvalue weighted by molar-refractivity contribution is 14.1. The van der Waals surface area contributed by atoms with Crippen molar-refractivity contribution in [3.8, 4) is 0 Å². The number of anilines is 1. The number of para-hydroxylation sites is 1. The number of nitrogens with one attached hydrogen (secondary N) is 1. The lowest BCUT2D eigenvalue weighted by atomic mass is 9.94. The molecule has 0 spiro atoms. The second kappa shape index (κ2) is 5.02. The summed E-state index contributed by atoms with van der Waals surface area (Å²) in [4.78, 5) is 26.7. The van der Waals surface area contributed by atoms with E-state index in [-0.39, 0.29) is 17.7 Å². The Labute approximate surface area is 132 Å². The summed E-state index contributed by atoms with van der Waals surface area (Å²) in [5.41, 5.74) is 0.161. The third-order valence-electron chi connectivity index (χ3n) is 4.19. The fourth-order valence-corrected chi connectivity index (χ4v) is 3.52. The largest absolute Gasteiger partial charge is 0.342 e. The molecule has 2 aliphatic rings. The number of rotatable bonds is 2. The van der Waals surface area contributed by atoms with Crippen LogP contribution in [-0.2, 0) is 9.59 Å². The molecular weight excluding hydrogens is 367 g/mol. The summed E-state index contributed by atoms with van der Waals surface area (Å²) in [5.74, 6) is 0.275. The predicted octanol–water partition coefficient (Wildman–Crippen LogP) is 2.31. The molecule has 2 amide bonds. The summed E-state index contributed by atoms with van der Waals surface area (Å²) in [7, 11) is 0. The Balaban J connectivity index is 2.00. The maximum atomic E-state index is 13.0. The molecule has 1 saturated heterocycles. The topological polar surface area (TPSA) is 49.4 Å². The van der Waals surface area contributed by atoms with Gasteiger partial charge in [-0.1, -0.05) is 12.1 Å². The first-order chi connectivity index (χ1) is 9.52. The minimum atomic E-state index is -0.744. The minimum absolute atomic E-state index is 0.0231. The zero-order valence-corrected chi connectivity index (χ0v) is 13.5. The number of amides is 2. The van der Waals surface area contributed by atoms with Crippen molar-refractivity contribution in [2.45, 2.75) is 31.7 Å². The van der Waals surface area contributed by atoms with Crippen molar-refractivity contribution >= 4 is 40.1 Å². The highest BCUT2D eigenvalue weighted by Gasteiger charge is 2.51. The average Bonchev–Trinajstić information content (AvgIpc) is 3.24. The average molecular weight is 384 g/mol. The van der Waals surface area contributed by atoms with Crippen LogP contribution in [0.1, 0.15) is 26.2 Å². The zero-order valence-electron chi connectivity index (χ0n) is 11.4. The first-order valence-electron chi connectivity index (χ1n) is 6.90. The molecule has 1 saturated carbocycles. The maximum absolute atomic E-state index is 13.0. The molecule has 106 valence electrons. The first kappa shape index (κ1) is 13.9. The summed E-state index contributed by atoms with van der Waals surface area (Å²) in [6.07, 6.45) is 2.39. The maximum Gasteiger partial charge on any atom is 0.252 e. The Morgan fingerprint density at radius 2 is 2.00 bits per heavy atom. The van der Waals surface area contributed by atoms with Crippen LogP contribution in [0.2, 0.25) is 0 Å². The quantitative estimate of drug-likeness (QED) is 0.796. The fraction of sp³-hybridized carbons (Fsp3) is 0.467. The Morgan fingerprint density at radius 1 is 1.30 bits per heavy atom. The number of carbonyl (C=O) groups is 2. The number of halogens is 1.